The first kappa shape index (κ1) is 14.0. The van der Waals surface area contributed by atoms with E-state index in [1.54, 1.807) is 6.07 Å². The van der Waals surface area contributed by atoms with Crippen molar-refractivity contribution in [2.75, 3.05) is 6.54 Å². The van der Waals surface area contributed by atoms with Crippen LogP contribution < -0.4 is 4.72 Å². The van der Waals surface area contributed by atoms with E-state index in [4.69, 9.17) is 11.6 Å². The van der Waals surface area contributed by atoms with Crippen LogP contribution in [-0.4, -0.2) is 20.3 Å². The molecule has 0 aliphatic carbocycles. The van der Waals surface area contributed by atoms with Gasteiger partial charge in [0.15, 0.2) is 0 Å². The Balaban J connectivity index is 2.63. The predicted molar refractivity (Wildman–Crippen MR) is 68.8 cm³/mol. The monoisotopic (exact) mass is 281 g/mol. The molecule has 0 fully saturated rings. The molecule has 0 aliphatic heterocycles. The van der Waals surface area contributed by atoms with Crippen molar-refractivity contribution in [2.45, 2.75) is 36.3 Å². The number of alkyl halides is 1. The molecule has 6 heteroatoms. The van der Waals surface area contributed by atoms with Gasteiger partial charge in [0.05, 0.1) is 0 Å². The molecule has 0 aliphatic rings. The Morgan fingerprint density at radius 1 is 1.50 bits per heavy atom. The highest BCUT2D eigenvalue weighted by Crippen LogP contribution is 2.21. The Kier molecular flexibility index (Phi) is 5.24. The van der Waals surface area contributed by atoms with Crippen LogP contribution in [0.3, 0.4) is 0 Å². The van der Waals surface area contributed by atoms with Gasteiger partial charge in [-0.1, -0.05) is 6.92 Å². The molecule has 0 spiro atoms. The molecule has 1 aromatic heterocycles. The Morgan fingerprint density at radius 3 is 2.69 bits per heavy atom. The van der Waals surface area contributed by atoms with Crippen LogP contribution >= 0.6 is 22.9 Å². The molecule has 0 bridgehead atoms. The number of aryl methyl sites for hydroxylation is 1. The van der Waals surface area contributed by atoms with E-state index >= 15 is 0 Å². The molecule has 1 heterocycles. The topological polar surface area (TPSA) is 46.2 Å². The normalized spacial score (nSPS) is 13.9. The van der Waals surface area contributed by atoms with Gasteiger partial charge in [-0.3, -0.25) is 0 Å². The van der Waals surface area contributed by atoms with Crippen LogP contribution in [0.2, 0.25) is 0 Å². The minimum atomic E-state index is -3.34. The van der Waals surface area contributed by atoms with Gasteiger partial charge in [0, 0.05) is 16.8 Å². The molecular formula is C10H16ClNO2S2. The summed E-state index contributed by atoms with van der Waals surface area (Å²) in [4.78, 5) is 1.08. The third-order valence-corrected chi connectivity index (χ3v) is 5.49. The number of hydrogen-bond donors (Lipinski definition) is 1. The minimum Gasteiger partial charge on any atom is -0.210 e. The summed E-state index contributed by atoms with van der Waals surface area (Å²) < 4.78 is 26.5. The quantitative estimate of drug-likeness (QED) is 0.815. The van der Waals surface area contributed by atoms with Crippen LogP contribution in [0, 0.1) is 0 Å². The van der Waals surface area contributed by atoms with Crippen molar-refractivity contribution < 1.29 is 8.42 Å². The van der Waals surface area contributed by atoms with E-state index in [9.17, 15) is 8.42 Å². The van der Waals surface area contributed by atoms with Crippen LogP contribution in [-0.2, 0) is 16.4 Å². The third-order valence-electron chi connectivity index (χ3n) is 2.08. The summed E-state index contributed by atoms with van der Waals surface area (Å²) in [7, 11) is -3.34. The number of nitrogens with one attached hydrogen (secondary N) is 1. The van der Waals surface area contributed by atoms with E-state index in [0.717, 1.165) is 11.3 Å². The van der Waals surface area contributed by atoms with Crippen LogP contribution in [0.25, 0.3) is 0 Å². The highest BCUT2D eigenvalue weighted by Gasteiger charge is 2.15. The molecule has 0 saturated heterocycles. The maximum absolute atomic E-state index is 11.8. The maximum atomic E-state index is 11.8. The fourth-order valence-electron chi connectivity index (χ4n) is 1.16. The molecule has 3 nitrogen and oxygen atoms in total. The average Bonchev–Trinajstić information content (AvgIpc) is 2.65. The zero-order chi connectivity index (χ0) is 12.2. The molecule has 16 heavy (non-hydrogen) atoms. The van der Waals surface area contributed by atoms with Gasteiger partial charge in [0.2, 0.25) is 10.0 Å². The van der Waals surface area contributed by atoms with Gasteiger partial charge in [-0.05, 0) is 31.9 Å². The van der Waals surface area contributed by atoms with Gasteiger partial charge >= 0.3 is 0 Å². The van der Waals surface area contributed by atoms with Crippen molar-refractivity contribution in [1.82, 2.24) is 4.72 Å². The largest absolute Gasteiger partial charge is 0.250 e. The number of hydrogen-bond acceptors (Lipinski definition) is 3. The van der Waals surface area contributed by atoms with Crippen molar-refractivity contribution in [3.63, 3.8) is 0 Å². The number of halogens is 1. The summed E-state index contributed by atoms with van der Waals surface area (Å²) in [6, 6.07) is 3.50. The van der Waals surface area contributed by atoms with Gasteiger partial charge in [0.1, 0.15) is 4.21 Å². The summed E-state index contributed by atoms with van der Waals surface area (Å²) >= 11 is 7.06. The van der Waals surface area contributed by atoms with E-state index in [1.165, 1.54) is 11.3 Å². The highest BCUT2D eigenvalue weighted by atomic mass is 35.5. The first-order valence-corrected chi connectivity index (χ1v) is 7.91. The van der Waals surface area contributed by atoms with Crippen molar-refractivity contribution in [3.05, 3.63) is 17.0 Å². The Bertz CT molecular complexity index is 426. The first-order valence-electron chi connectivity index (χ1n) is 5.18. The van der Waals surface area contributed by atoms with E-state index in [1.807, 2.05) is 19.9 Å². The molecule has 1 aromatic rings. The summed E-state index contributed by atoms with van der Waals surface area (Å²) in [6.07, 6.45) is 1.49. The Hall–Kier alpha value is -0.100. The standard InChI is InChI=1S/C10H16ClNO2S2/c1-3-9-4-5-10(15-9)16(13,14)12-7-6-8(2)11/h4-5,8,12H,3,6-7H2,1-2H3. The zero-order valence-electron chi connectivity index (χ0n) is 9.36. The van der Waals surface area contributed by atoms with E-state index in [-0.39, 0.29) is 5.38 Å². The molecule has 0 radical (unpaired) electrons. The summed E-state index contributed by atoms with van der Waals surface area (Å²) in [5.41, 5.74) is 0. The Morgan fingerprint density at radius 2 is 2.19 bits per heavy atom. The lowest BCUT2D eigenvalue weighted by Crippen LogP contribution is -2.25. The van der Waals surface area contributed by atoms with Crippen molar-refractivity contribution in [3.8, 4) is 0 Å². The fraction of sp³-hybridized carbons (Fsp3) is 0.600. The molecule has 1 N–H and O–H groups in total. The van der Waals surface area contributed by atoms with E-state index in [0.29, 0.717) is 17.2 Å². The lowest BCUT2D eigenvalue weighted by Gasteiger charge is -2.05. The van der Waals surface area contributed by atoms with Gasteiger partial charge in [0.25, 0.3) is 0 Å². The van der Waals surface area contributed by atoms with Crippen molar-refractivity contribution >= 4 is 33.0 Å². The molecule has 92 valence electrons. The highest BCUT2D eigenvalue weighted by molar-refractivity contribution is 7.91. The Labute approximate surface area is 106 Å². The van der Waals surface area contributed by atoms with Crippen LogP contribution in [0.15, 0.2) is 16.3 Å². The van der Waals surface area contributed by atoms with Crippen LogP contribution in [0.1, 0.15) is 25.1 Å². The smallest absolute Gasteiger partial charge is 0.210 e. The second-order valence-corrected chi connectivity index (χ2v) is 7.45. The van der Waals surface area contributed by atoms with E-state index in [2.05, 4.69) is 4.72 Å². The lowest BCUT2D eigenvalue weighted by molar-refractivity contribution is 0.581. The van der Waals surface area contributed by atoms with Crippen molar-refractivity contribution in [1.29, 1.82) is 0 Å². The van der Waals surface area contributed by atoms with Gasteiger partial charge < -0.3 is 0 Å². The third kappa shape index (κ3) is 4.05. The number of sulfonamides is 1. The molecule has 1 unspecified atom stereocenters. The fourth-order valence-corrected chi connectivity index (χ4v) is 3.65. The lowest BCUT2D eigenvalue weighted by atomic mass is 10.3. The second kappa shape index (κ2) is 6.00. The second-order valence-electron chi connectivity index (χ2n) is 3.54. The summed E-state index contributed by atoms with van der Waals surface area (Å²) in [5.74, 6) is 0. The molecule has 0 amide bonds. The zero-order valence-corrected chi connectivity index (χ0v) is 11.8. The molecule has 0 saturated carbocycles. The van der Waals surface area contributed by atoms with Gasteiger partial charge in [-0.15, -0.1) is 22.9 Å². The molecule has 1 rings (SSSR count). The van der Waals surface area contributed by atoms with Gasteiger partial charge in [-0.25, -0.2) is 13.1 Å². The molecule has 1 atom stereocenters. The molecular weight excluding hydrogens is 266 g/mol. The predicted octanol–water partition coefficient (Wildman–Crippen LogP) is 2.61. The first-order chi connectivity index (χ1) is 7.45. The minimum absolute atomic E-state index is 0.0164. The number of thiophene rings is 1. The van der Waals surface area contributed by atoms with Gasteiger partial charge in [-0.2, -0.15) is 0 Å². The van der Waals surface area contributed by atoms with Crippen molar-refractivity contribution in [2.24, 2.45) is 0 Å². The van der Waals surface area contributed by atoms with Crippen LogP contribution in [0.4, 0.5) is 0 Å². The maximum Gasteiger partial charge on any atom is 0.250 e. The summed E-state index contributed by atoms with van der Waals surface area (Å²) in [6.45, 7) is 4.23. The van der Waals surface area contributed by atoms with E-state index < -0.39 is 10.0 Å². The molecule has 0 aromatic carbocycles. The number of rotatable bonds is 6. The summed E-state index contributed by atoms with van der Waals surface area (Å²) in [5, 5.41) is -0.0164. The SMILES string of the molecule is CCc1ccc(S(=O)(=O)NCCC(C)Cl)s1. The van der Waals surface area contributed by atoms with Crippen LogP contribution in [0.5, 0.6) is 0 Å². The average molecular weight is 282 g/mol.